The number of ether oxygens (including phenoxy) is 1. The normalized spacial score (nSPS) is 11.8. The number of hydrogen-bond donors (Lipinski definition) is 3. The first-order valence-corrected chi connectivity index (χ1v) is 6.06. The molecule has 0 bridgehead atoms. The van der Waals surface area contributed by atoms with Gasteiger partial charge in [0.2, 0.25) is 0 Å². The first-order chi connectivity index (χ1) is 8.58. The van der Waals surface area contributed by atoms with Crippen molar-refractivity contribution in [1.82, 2.24) is 5.32 Å². The molecule has 0 aliphatic heterocycles. The number of halogens is 1. The van der Waals surface area contributed by atoms with Crippen LogP contribution in [0.4, 0.5) is 10.5 Å². The minimum absolute atomic E-state index is 0.124. The Hall–Kier alpha value is -1.46. The molecule has 0 saturated heterocycles. The van der Waals surface area contributed by atoms with E-state index in [9.17, 15) is 4.79 Å². The lowest BCUT2D eigenvalue weighted by atomic mass is 10.3. The molecule has 100 valence electrons. The summed E-state index contributed by atoms with van der Waals surface area (Å²) in [5, 5.41) is 14.5. The first-order valence-electron chi connectivity index (χ1n) is 5.68. The molecular formula is C12H17ClN2O3. The molecule has 1 unspecified atom stereocenters. The largest absolute Gasteiger partial charge is 0.490 e. The van der Waals surface area contributed by atoms with Crippen LogP contribution in [-0.4, -0.2) is 30.4 Å². The summed E-state index contributed by atoms with van der Waals surface area (Å²) in [6.07, 6.45) is 0. The fraction of sp³-hybridized carbons (Fsp3) is 0.417. The van der Waals surface area contributed by atoms with Gasteiger partial charge in [0.05, 0.1) is 30.0 Å². The molecule has 0 saturated carbocycles. The van der Waals surface area contributed by atoms with Gasteiger partial charge in [-0.15, -0.1) is 0 Å². The second-order valence-electron chi connectivity index (χ2n) is 3.73. The molecule has 5 nitrogen and oxygen atoms in total. The summed E-state index contributed by atoms with van der Waals surface area (Å²) >= 11 is 5.99. The minimum Gasteiger partial charge on any atom is -0.490 e. The molecule has 1 aromatic rings. The molecule has 0 heterocycles. The number of anilines is 1. The first kappa shape index (κ1) is 14.6. The van der Waals surface area contributed by atoms with E-state index in [0.717, 1.165) is 0 Å². The van der Waals surface area contributed by atoms with Crippen LogP contribution in [0, 0.1) is 0 Å². The van der Waals surface area contributed by atoms with E-state index in [0.29, 0.717) is 23.1 Å². The number of amides is 2. The predicted molar refractivity (Wildman–Crippen MR) is 71.3 cm³/mol. The molecule has 0 aliphatic rings. The van der Waals surface area contributed by atoms with E-state index in [2.05, 4.69) is 10.6 Å². The zero-order chi connectivity index (χ0) is 13.5. The van der Waals surface area contributed by atoms with E-state index >= 15 is 0 Å². The number of para-hydroxylation sites is 1. The van der Waals surface area contributed by atoms with Crippen LogP contribution in [0.25, 0.3) is 0 Å². The van der Waals surface area contributed by atoms with Gasteiger partial charge in [0.15, 0.2) is 5.75 Å². The van der Waals surface area contributed by atoms with Crippen LogP contribution in [0.5, 0.6) is 5.75 Å². The van der Waals surface area contributed by atoms with Gasteiger partial charge in [-0.1, -0.05) is 17.7 Å². The lowest BCUT2D eigenvalue weighted by Gasteiger charge is -2.15. The van der Waals surface area contributed by atoms with Gasteiger partial charge in [-0.25, -0.2) is 4.79 Å². The Labute approximate surface area is 111 Å². The minimum atomic E-state index is -0.417. The summed E-state index contributed by atoms with van der Waals surface area (Å²) in [4.78, 5) is 11.6. The van der Waals surface area contributed by atoms with E-state index < -0.39 is 6.03 Å². The maximum absolute atomic E-state index is 11.6. The zero-order valence-corrected chi connectivity index (χ0v) is 11.1. The molecule has 2 amide bonds. The standard InChI is InChI=1S/C12H17ClN2O3/c1-3-18-11-9(13)5-4-6-10(11)15-12(17)14-8(2)7-16/h4-6,8,16H,3,7H2,1-2H3,(H2,14,15,17). The van der Waals surface area contributed by atoms with Gasteiger partial charge in [0.25, 0.3) is 0 Å². The summed E-state index contributed by atoms with van der Waals surface area (Å²) in [7, 11) is 0. The number of hydrogen-bond acceptors (Lipinski definition) is 3. The highest BCUT2D eigenvalue weighted by molar-refractivity contribution is 6.32. The topological polar surface area (TPSA) is 70.6 Å². The van der Waals surface area contributed by atoms with Gasteiger partial charge in [0.1, 0.15) is 0 Å². The van der Waals surface area contributed by atoms with Crippen molar-refractivity contribution in [3.8, 4) is 5.75 Å². The van der Waals surface area contributed by atoms with Crippen LogP contribution in [0.1, 0.15) is 13.8 Å². The van der Waals surface area contributed by atoms with Crippen molar-refractivity contribution in [3.63, 3.8) is 0 Å². The average molecular weight is 273 g/mol. The molecule has 1 aromatic carbocycles. The summed E-state index contributed by atoms with van der Waals surface area (Å²) in [6.45, 7) is 3.86. The Balaban J connectivity index is 2.77. The zero-order valence-electron chi connectivity index (χ0n) is 10.4. The molecule has 0 spiro atoms. The van der Waals surface area contributed by atoms with Gasteiger partial charge in [-0.3, -0.25) is 0 Å². The van der Waals surface area contributed by atoms with Crippen LogP contribution in [0.15, 0.2) is 18.2 Å². The summed E-state index contributed by atoms with van der Waals surface area (Å²) < 4.78 is 5.38. The summed E-state index contributed by atoms with van der Waals surface area (Å²) in [5.41, 5.74) is 0.493. The molecule has 0 radical (unpaired) electrons. The third-order valence-electron chi connectivity index (χ3n) is 2.16. The Morgan fingerprint density at radius 1 is 1.56 bits per heavy atom. The van der Waals surface area contributed by atoms with Crippen molar-refractivity contribution in [2.75, 3.05) is 18.5 Å². The quantitative estimate of drug-likeness (QED) is 0.770. The number of nitrogens with one attached hydrogen (secondary N) is 2. The second kappa shape index (κ2) is 7.08. The number of rotatable bonds is 5. The van der Waals surface area contributed by atoms with Crippen LogP contribution in [-0.2, 0) is 0 Å². The molecule has 1 atom stereocenters. The van der Waals surface area contributed by atoms with Crippen molar-refractivity contribution >= 4 is 23.3 Å². The SMILES string of the molecule is CCOc1c(Cl)cccc1NC(=O)NC(C)CO. The second-order valence-corrected chi connectivity index (χ2v) is 4.14. The molecule has 0 aromatic heterocycles. The van der Waals surface area contributed by atoms with Gasteiger partial charge in [-0.2, -0.15) is 0 Å². The number of aliphatic hydroxyl groups excluding tert-OH is 1. The molecule has 0 fully saturated rings. The summed E-state index contributed by atoms with van der Waals surface area (Å²) in [5.74, 6) is 0.438. The van der Waals surface area contributed by atoms with Crippen molar-refractivity contribution in [2.24, 2.45) is 0 Å². The van der Waals surface area contributed by atoms with Crippen molar-refractivity contribution < 1.29 is 14.6 Å². The van der Waals surface area contributed by atoms with E-state index in [1.165, 1.54) is 0 Å². The van der Waals surface area contributed by atoms with Crippen molar-refractivity contribution in [2.45, 2.75) is 19.9 Å². The summed E-state index contributed by atoms with van der Waals surface area (Å²) in [6, 6.07) is 4.36. The fourth-order valence-electron chi connectivity index (χ4n) is 1.33. The van der Waals surface area contributed by atoms with Crippen LogP contribution >= 0.6 is 11.6 Å². The number of urea groups is 1. The van der Waals surface area contributed by atoms with Crippen molar-refractivity contribution in [3.05, 3.63) is 23.2 Å². The van der Waals surface area contributed by atoms with Gasteiger partial charge >= 0.3 is 6.03 Å². The van der Waals surface area contributed by atoms with Gasteiger partial charge in [0, 0.05) is 0 Å². The number of aliphatic hydroxyl groups is 1. The molecule has 3 N–H and O–H groups in total. The Kier molecular flexibility index (Phi) is 5.74. The average Bonchev–Trinajstić information content (AvgIpc) is 2.33. The fourth-order valence-corrected chi connectivity index (χ4v) is 1.56. The molecule has 18 heavy (non-hydrogen) atoms. The number of carbonyl (C=O) groups excluding carboxylic acids is 1. The number of benzene rings is 1. The van der Waals surface area contributed by atoms with E-state index in [4.69, 9.17) is 21.4 Å². The van der Waals surface area contributed by atoms with E-state index in [-0.39, 0.29) is 12.6 Å². The van der Waals surface area contributed by atoms with E-state index in [1.54, 1.807) is 25.1 Å². The number of carbonyl (C=O) groups is 1. The maximum Gasteiger partial charge on any atom is 0.319 e. The third-order valence-corrected chi connectivity index (χ3v) is 2.45. The Bertz CT molecular complexity index is 412. The lowest BCUT2D eigenvalue weighted by Crippen LogP contribution is -2.38. The Morgan fingerprint density at radius 3 is 2.89 bits per heavy atom. The van der Waals surface area contributed by atoms with Crippen molar-refractivity contribution in [1.29, 1.82) is 0 Å². The molecule has 6 heteroatoms. The molecule has 1 rings (SSSR count). The Morgan fingerprint density at radius 2 is 2.28 bits per heavy atom. The smallest absolute Gasteiger partial charge is 0.319 e. The van der Waals surface area contributed by atoms with Crippen LogP contribution < -0.4 is 15.4 Å². The van der Waals surface area contributed by atoms with Crippen LogP contribution in [0.3, 0.4) is 0 Å². The lowest BCUT2D eigenvalue weighted by molar-refractivity contribution is 0.229. The molecule has 0 aliphatic carbocycles. The predicted octanol–water partition coefficient (Wildman–Crippen LogP) is 2.24. The van der Waals surface area contributed by atoms with E-state index in [1.807, 2.05) is 6.92 Å². The third kappa shape index (κ3) is 4.09. The molecular weight excluding hydrogens is 256 g/mol. The highest BCUT2D eigenvalue weighted by Gasteiger charge is 2.12. The van der Waals surface area contributed by atoms with Crippen LogP contribution in [0.2, 0.25) is 5.02 Å². The van der Waals surface area contributed by atoms with Gasteiger partial charge in [-0.05, 0) is 26.0 Å². The maximum atomic E-state index is 11.6. The van der Waals surface area contributed by atoms with Gasteiger partial charge < -0.3 is 20.5 Å². The monoisotopic (exact) mass is 272 g/mol. The highest BCUT2D eigenvalue weighted by Crippen LogP contribution is 2.32. The highest BCUT2D eigenvalue weighted by atomic mass is 35.5.